The minimum Gasteiger partial charge on any atom is -0.383 e. The van der Waals surface area contributed by atoms with E-state index in [2.05, 4.69) is 180 Å². The zero-order valence-corrected chi connectivity index (χ0v) is 69.7. The summed E-state index contributed by atoms with van der Waals surface area (Å²) < 4.78 is 16.4. The van der Waals surface area contributed by atoms with E-state index >= 15 is 0 Å². The molecule has 0 radical (unpaired) electrons. The van der Waals surface area contributed by atoms with Crippen LogP contribution in [0.25, 0.3) is 33.8 Å². The molecule has 7 aliphatic rings. The summed E-state index contributed by atoms with van der Waals surface area (Å²) in [7, 11) is 5.25. The fourth-order valence-electron chi connectivity index (χ4n) is 16.9. The Labute approximate surface area is 716 Å². The van der Waals surface area contributed by atoms with Crippen LogP contribution in [-0.2, 0) is 79.7 Å². The lowest BCUT2D eigenvalue weighted by Crippen LogP contribution is -2.34. The fraction of sp³-hybridized carbons (Fsp3) is 0.311. The van der Waals surface area contributed by atoms with Crippen molar-refractivity contribution in [3.8, 4) is 33.8 Å². The number of carbonyl (C=O) groups excluding carboxylic acids is 1. The van der Waals surface area contributed by atoms with E-state index in [1.807, 2.05) is 107 Å². The largest absolute Gasteiger partial charge is 0.383 e. The van der Waals surface area contributed by atoms with Gasteiger partial charge in [-0.2, -0.15) is 35.3 Å². The van der Waals surface area contributed by atoms with Gasteiger partial charge in [0, 0.05) is 169 Å². The molecule has 0 aliphatic carbocycles. The highest BCUT2D eigenvalue weighted by Crippen LogP contribution is 2.38. The van der Waals surface area contributed by atoms with E-state index in [1.165, 1.54) is 33.6 Å². The number of fused-ring (bicyclic) bond motifs is 4. The van der Waals surface area contributed by atoms with Gasteiger partial charge in [-0.05, 0) is 73.7 Å². The van der Waals surface area contributed by atoms with Crippen molar-refractivity contribution in [2.45, 2.75) is 122 Å². The van der Waals surface area contributed by atoms with E-state index in [-0.39, 0.29) is 18.0 Å². The van der Waals surface area contributed by atoms with Gasteiger partial charge in [-0.1, -0.05) is 133 Å². The van der Waals surface area contributed by atoms with Crippen LogP contribution in [0.3, 0.4) is 0 Å². The Morgan fingerprint density at radius 1 is 0.423 bits per heavy atom. The number of rotatable bonds is 25. The first-order valence-corrected chi connectivity index (χ1v) is 42.7. The number of pyridine rings is 1. The van der Waals surface area contributed by atoms with Crippen LogP contribution in [0.2, 0.25) is 0 Å². The molecule has 33 heteroatoms. The molecule has 0 spiro atoms. The van der Waals surface area contributed by atoms with Crippen LogP contribution >= 0.6 is 11.3 Å². The zero-order valence-electron chi connectivity index (χ0n) is 68.9. The lowest BCUT2D eigenvalue weighted by Gasteiger charge is -2.25. The van der Waals surface area contributed by atoms with Crippen molar-refractivity contribution in [3.63, 3.8) is 0 Å². The first kappa shape index (κ1) is 80.8. The Morgan fingerprint density at radius 3 is 1.33 bits per heavy atom. The summed E-state index contributed by atoms with van der Waals surface area (Å²) in [5, 5.41) is 48.8. The number of hydrogen-bond acceptors (Lipinski definition) is 28. The van der Waals surface area contributed by atoms with E-state index in [9.17, 15) is 4.79 Å². The molecule has 14 aromatic rings. The lowest BCUT2D eigenvalue weighted by molar-refractivity contribution is 0.103. The van der Waals surface area contributed by atoms with Gasteiger partial charge >= 0.3 is 0 Å². The van der Waals surface area contributed by atoms with Gasteiger partial charge in [-0.25, -0.2) is 24.9 Å². The smallest absolute Gasteiger partial charge is 0.266 e. The van der Waals surface area contributed by atoms with Crippen LogP contribution < -0.4 is 46.2 Å². The van der Waals surface area contributed by atoms with Crippen LogP contribution in [0.4, 0.5) is 64.5 Å². The zero-order chi connectivity index (χ0) is 83.2. The van der Waals surface area contributed by atoms with E-state index in [0.717, 1.165) is 231 Å². The van der Waals surface area contributed by atoms with E-state index in [4.69, 9.17) is 44.1 Å². The third-order valence-electron chi connectivity index (χ3n) is 22.9. The first-order valence-electron chi connectivity index (χ1n) is 41.8. The first-order chi connectivity index (χ1) is 60.7. The Hall–Kier alpha value is -13.3. The highest BCUT2D eigenvalue weighted by atomic mass is 32.1. The maximum atomic E-state index is 12.1. The second-order valence-corrected chi connectivity index (χ2v) is 32.2. The van der Waals surface area contributed by atoms with E-state index in [0.29, 0.717) is 55.6 Å². The van der Waals surface area contributed by atoms with Crippen LogP contribution in [0, 0.1) is 0 Å². The van der Waals surface area contributed by atoms with Crippen LogP contribution in [0.5, 0.6) is 0 Å². The number of ether oxygens (including phenoxy) is 3. The number of methoxy groups -OCH3 is 3. The molecule has 1 amide bonds. The molecular weight excluding hydrogens is 1570 g/mol. The van der Waals surface area contributed by atoms with Gasteiger partial charge in [0.25, 0.3) is 5.91 Å². The maximum Gasteiger partial charge on any atom is 0.266 e. The summed E-state index contributed by atoms with van der Waals surface area (Å²) in [5.41, 5.74) is 17.2. The summed E-state index contributed by atoms with van der Waals surface area (Å²) in [6.45, 7) is 12.7. The highest BCUT2D eigenvalue weighted by Gasteiger charge is 2.34. The van der Waals surface area contributed by atoms with Gasteiger partial charge in [0.1, 0.15) is 17.5 Å². The predicted octanol–water partition coefficient (Wildman–Crippen LogP) is 13.7. The van der Waals surface area contributed by atoms with Gasteiger partial charge in [0.2, 0.25) is 23.8 Å². The van der Waals surface area contributed by atoms with Crippen molar-refractivity contribution in [2.75, 3.05) is 102 Å². The van der Waals surface area contributed by atoms with Crippen molar-refractivity contribution in [1.82, 2.24) is 101 Å². The van der Waals surface area contributed by atoms with Crippen molar-refractivity contribution >= 4 is 81.8 Å². The van der Waals surface area contributed by atoms with Gasteiger partial charge in [-0.3, -0.25) is 40.0 Å². The molecule has 628 valence electrons. The molecule has 10 aromatic heterocycles. The third-order valence-corrected chi connectivity index (χ3v) is 23.8. The molecule has 21 rings (SSSR count). The Bertz CT molecular complexity index is 5610. The normalized spacial score (nSPS) is 16.9. The van der Waals surface area contributed by atoms with Crippen molar-refractivity contribution in [2.24, 2.45) is 0 Å². The van der Waals surface area contributed by atoms with Gasteiger partial charge < -0.3 is 60.4 Å². The molecule has 123 heavy (non-hydrogen) atoms. The Morgan fingerprint density at radius 2 is 0.862 bits per heavy atom. The molecule has 17 heterocycles. The number of carbonyl (C=O) groups is 1. The summed E-state index contributed by atoms with van der Waals surface area (Å²) in [6, 6.07) is 59.6. The van der Waals surface area contributed by atoms with Gasteiger partial charge in [-0.15, -0.1) is 11.3 Å². The fourth-order valence-corrected chi connectivity index (χ4v) is 17.5. The second-order valence-electron chi connectivity index (χ2n) is 31.3. The molecule has 7 aliphatic heterocycles. The average molecular weight is 1670 g/mol. The number of aromatic nitrogens is 17. The molecule has 0 saturated carbocycles. The molecule has 0 bridgehead atoms. The predicted molar refractivity (Wildman–Crippen MR) is 475 cm³/mol. The summed E-state index contributed by atoms with van der Waals surface area (Å²) >= 11 is 1.40. The topological polar surface area (TPSA) is 355 Å². The Balaban J connectivity index is 0.000000114. The second kappa shape index (κ2) is 38.2. The molecule has 0 unspecified atom stereocenters. The number of benzene rings is 4. The average Bonchev–Trinajstić information content (AvgIpc) is 1.69. The maximum absolute atomic E-state index is 12.1. The standard InChI is InChI=1S/C28H31N7O.C27H30N8O.C21H25N7O.C14H12N6OS/c1-36-19-22-13-8-14-35(22)28-29-24(21-11-6-3-7-12-21)15-26(31-28)30-27-23-17-34(18-25(23)32-33-27)16-20-9-4-2-5-10-20;1-36-18-21-11-7-13-35(21)27-29-23(19-8-3-2-4-9-19)14-25(31-27)30-26-22-16-34(17-24(22)32-33-26)15-20-10-5-6-12-28-20;1-29-13-15-8-5-9-28(15)21-23-17(14-6-3-2-4-7-14)10-19(25-21)24-20-16-11-22-12-18(16)26-27-20;21-13(11-3-1-6-22-11)17-12-9-7-20(8-10(9)18-19-12)14-15-4-2-5-16-14/h2-7,9-12,15,22H,8,13-14,16-19H2,1H3,(H2,29,30,31,32,33);2-6,8-10,12,14,21H,7,11,13,15-18H2,1H3,(H2,29,30,31,32,33);2-4,6-7,10,15,22H,5,8-9,11-13H2,1H3,(H2,23,24,25,26,27);1-6H,7-8H2,(H2,17,18,19,21)/t22-;21-;15-;/m000./s1. The molecular formula is C90H98N28O4S. The number of hydrogen-bond donors (Lipinski definition) is 9. The van der Waals surface area contributed by atoms with Crippen molar-refractivity contribution in [1.29, 1.82) is 0 Å². The molecule has 4 aromatic carbocycles. The number of nitrogens with one attached hydrogen (secondary N) is 9. The number of anilines is 11. The Kier molecular flexibility index (Phi) is 25.1. The molecule has 3 saturated heterocycles. The SMILES string of the molecule is COC[C@@H]1CCCN1c1nc(Nc2n[nH]c3c2CN(Cc2ccccc2)C3)cc(-c2ccccc2)n1.COC[C@@H]1CCCN1c1nc(Nc2n[nH]c3c2CN(Cc2ccccn2)C3)cc(-c2ccccc2)n1.COC[C@@H]1CCCN1c1nc(Nc2n[nH]c3c2CNC3)cc(-c2ccccc2)n1.O=C(Nc1n[nH]c2c1CN(c1ncccn1)C2)c1cccs1. The van der Waals surface area contributed by atoms with Crippen LogP contribution in [0.1, 0.15) is 104 Å². The molecule has 3 atom stereocenters. The van der Waals surface area contributed by atoms with E-state index in [1.54, 1.807) is 45.9 Å². The van der Waals surface area contributed by atoms with Crippen molar-refractivity contribution in [3.05, 3.63) is 261 Å². The number of thiophene rings is 1. The molecule has 3 fully saturated rings. The number of nitrogens with zero attached hydrogens (tertiary/aromatic N) is 19. The summed E-state index contributed by atoms with van der Waals surface area (Å²) in [6.07, 6.45) is 11.9. The van der Waals surface area contributed by atoms with E-state index < -0.39 is 0 Å². The number of amides is 1. The molecule has 32 nitrogen and oxygen atoms in total. The highest BCUT2D eigenvalue weighted by molar-refractivity contribution is 7.12. The van der Waals surface area contributed by atoms with Crippen LogP contribution in [0.15, 0.2) is 200 Å². The minimum absolute atomic E-state index is 0.140. The summed E-state index contributed by atoms with van der Waals surface area (Å²) in [5.74, 6) is 8.00. The number of H-pyrrole nitrogens is 4. The number of aromatic amines is 4. The monoisotopic (exact) mass is 1670 g/mol. The van der Waals surface area contributed by atoms with Crippen molar-refractivity contribution < 1.29 is 19.0 Å². The lowest BCUT2D eigenvalue weighted by atomic mass is 10.1. The molecule has 9 N–H and O–H groups in total. The van der Waals surface area contributed by atoms with Gasteiger partial charge in [0.05, 0.1) is 101 Å². The van der Waals surface area contributed by atoms with Gasteiger partial charge in [0.15, 0.2) is 23.3 Å². The quantitative estimate of drug-likeness (QED) is 0.0257. The third kappa shape index (κ3) is 19.1. The summed E-state index contributed by atoms with van der Waals surface area (Å²) in [4.78, 5) is 68.9. The van der Waals surface area contributed by atoms with Crippen LogP contribution in [-0.4, -0.2) is 180 Å². The minimum atomic E-state index is -0.140.